The maximum atomic E-state index is 12.3. The van der Waals surface area contributed by atoms with Crippen LogP contribution in [0.1, 0.15) is 6.92 Å². The van der Waals surface area contributed by atoms with Gasteiger partial charge in [-0.2, -0.15) is 4.99 Å². The van der Waals surface area contributed by atoms with Crippen molar-refractivity contribution < 1.29 is 14.3 Å². The third kappa shape index (κ3) is 4.68. The van der Waals surface area contributed by atoms with Gasteiger partial charge in [0.2, 0.25) is 0 Å². The lowest BCUT2D eigenvalue weighted by atomic mass is 10.3. The molecule has 0 aliphatic carbocycles. The van der Waals surface area contributed by atoms with Crippen molar-refractivity contribution in [3.8, 4) is 23.8 Å². The van der Waals surface area contributed by atoms with Crippen LogP contribution >= 0.6 is 34.5 Å². The van der Waals surface area contributed by atoms with E-state index < -0.39 is 5.91 Å². The van der Waals surface area contributed by atoms with E-state index >= 15 is 0 Å². The van der Waals surface area contributed by atoms with E-state index in [1.54, 1.807) is 18.2 Å². The molecule has 1 aromatic heterocycles. The predicted molar refractivity (Wildman–Crippen MR) is 112 cm³/mol. The van der Waals surface area contributed by atoms with Crippen LogP contribution in [0.2, 0.25) is 10.0 Å². The third-order valence-electron chi connectivity index (χ3n) is 3.68. The average molecular weight is 435 g/mol. The van der Waals surface area contributed by atoms with Gasteiger partial charge < -0.3 is 14.0 Å². The fraction of sp³-hybridized carbons (Fsp3) is 0.200. The highest BCUT2D eigenvalue weighted by Gasteiger charge is 2.10. The molecule has 0 fully saturated rings. The number of benzene rings is 2. The molecule has 3 aromatic rings. The Morgan fingerprint density at radius 2 is 2.07 bits per heavy atom. The SMILES string of the molecule is C#CCn1c(=NC(=O)COc2ccc(Cl)cc2Cl)sc2cc(OCC)ccc21. The van der Waals surface area contributed by atoms with Gasteiger partial charge in [0, 0.05) is 5.02 Å². The Bertz CT molecular complexity index is 1130. The summed E-state index contributed by atoms with van der Waals surface area (Å²) in [5, 5.41) is 0.813. The number of fused-ring (bicyclic) bond motifs is 1. The molecular formula is C20H16Cl2N2O3S. The standard InChI is InChI=1S/C20H16Cl2N2O3S/c1-3-9-24-16-7-6-14(26-4-2)11-18(16)28-20(24)23-19(25)12-27-17-8-5-13(21)10-15(17)22/h1,5-8,10-11H,4,9,12H2,2H3. The number of hydrogen-bond donors (Lipinski definition) is 0. The van der Waals surface area contributed by atoms with Gasteiger partial charge in [0.25, 0.3) is 5.91 Å². The highest BCUT2D eigenvalue weighted by atomic mass is 35.5. The van der Waals surface area contributed by atoms with Crippen LogP contribution in [0.5, 0.6) is 11.5 Å². The van der Waals surface area contributed by atoms with Crippen molar-refractivity contribution in [2.75, 3.05) is 13.2 Å². The van der Waals surface area contributed by atoms with E-state index in [4.69, 9.17) is 39.1 Å². The molecule has 0 spiro atoms. The van der Waals surface area contributed by atoms with Crippen LogP contribution in [0.25, 0.3) is 10.2 Å². The minimum absolute atomic E-state index is 0.254. The minimum Gasteiger partial charge on any atom is -0.494 e. The summed E-state index contributed by atoms with van der Waals surface area (Å²) in [6.45, 7) is 2.53. The van der Waals surface area contributed by atoms with Gasteiger partial charge in [-0.15, -0.1) is 6.42 Å². The summed E-state index contributed by atoms with van der Waals surface area (Å²) < 4.78 is 13.7. The van der Waals surface area contributed by atoms with Crippen molar-refractivity contribution in [2.24, 2.45) is 4.99 Å². The van der Waals surface area contributed by atoms with Crippen molar-refractivity contribution in [1.82, 2.24) is 4.57 Å². The van der Waals surface area contributed by atoms with Crippen LogP contribution in [0.15, 0.2) is 41.4 Å². The summed E-state index contributed by atoms with van der Waals surface area (Å²) in [5.41, 5.74) is 0.889. The molecule has 1 heterocycles. The Morgan fingerprint density at radius 1 is 1.25 bits per heavy atom. The van der Waals surface area contributed by atoms with Gasteiger partial charge in [-0.05, 0) is 43.3 Å². The molecule has 0 unspecified atom stereocenters. The van der Waals surface area contributed by atoms with E-state index in [9.17, 15) is 4.79 Å². The molecule has 0 aliphatic heterocycles. The molecule has 0 atom stereocenters. The van der Waals surface area contributed by atoms with Crippen LogP contribution in [0.3, 0.4) is 0 Å². The molecule has 0 bridgehead atoms. The van der Waals surface area contributed by atoms with Crippen molar-refractivity contribution in [3.05, 3.63) is 51.2 Å². The van der Waals surface area contributed by atoms with Gasteiger partial charge in [-0.3, -0.25) is 4.79 Å². The Morgan fingerprint density at radius 3 is 2.79 bits per heavy atom. The van der Waals surface area contributed by atoms with Crippen molar-refractivity contribution >= 4 is 50.7 Å². The Kier molecular flexibility index (Phi) is 6.63. The fourth-order valence-corrected chi connectivity index (χ4v) is 4.05. The Hall–Kier alpha value is -2.46. The fourth-order valence-electron chi connectivity index (χ4n) is 2.51. The van der Waals surface area contributed by atoms with E-state index in [-0.39, 0.29) is 6.61 Å². The second-order valence-electron chi connectivity index (χ2n) is 5.61. The number of hydrogen-bond acceptors (Lipinski definition) is 4. The zero-order valence-electron chi connectivity index (χ0n) is 14.9. The molecule has 8 heteroatoms. The van der Waals surface area contributed by atoms with Gasteiger partial charge in [0.05, 0.1) is 28.4 Å². The first kappa shape index (κ1) is 20.3. The first-order valence-corrected chi connectivity index (χ1v) is 9.94. The quantitative estimate of drug-likeness (QED) is 0.534. The van der Waals surface area contributed by atoms with Gasteiger partial charge in [-0.1, -0.05) is 40.5 Å². The zero-order chi connectivity index (χ0) is 20.1. The number of amides is 1. The summed E-state index contributed by atoms with van der Waals surface area (Å²) in [7, 11) is 0. The van der Waals surface area contributed by atoms with E-state index in [2.05, 4.69) is 10.9 Å². The smallest absolute Gasteiger partial charge is 0.286 e. The predicted octanol–water partition coefficient (Wildman–Crippen LogP) is 4.55. The molecular weight excluding hydrogens is 419 g/mol. The van der Waals surface area contributed by atoms with Gasteiger partial charge >= 0.3 is 0 Å². The largest absolute Gasteiger partial charge is 0.494 e. The summed E-state index contributed by atoms with van der Waals surface area (Å²) in [6, 6.07) is 10.5. The van der Waals surface area contributed by atoms with Gasteiger partial charge in [0.15, 0.2) is 11.4 Å². The van der Waals surface area contributed by atoms with Crippen molar-refractivity contribution in [1.29, 1.82) is 0 Å². The number of ether oxygens (including phenoxy) is 2. The normalized spacial score (nSPS) is 11.4. The molecule has 0 saturated heterocycles. The monoisotopic (exact) mass is 434 g/mol. The summed E-state index contributed by atoms with van der Waals surface area (Å²) >= 11 is 13.3. The molecule has 28 heavy (non-hydrogen) atoms. The molecule has 0 saturated carbocycles. The van der Waals surface area contributed by atoms with Crippen LogP contribution in [-0.4, -0.2) is 23.7 Å². The first-order valence-electron chi connectivity index (χ1n) is 8.37. The number of carbonyl (C=O) groups is 1. The van der Waals surface area contributed by atoms with E-state index in [1.165, 1.54) is 11.3 Å². The van der Waals surface area contributed by atoms with Gasteiger partial charge in [0.1, 0.15) is 11.5 Å². The first-order chi connectivity index (χ1) is 13.5. The molecule has 144 valence electrons. The number of aromatic nitrogens is 1. The van der Waals surface area contributed by atoms with E-state index in [1.807, 2.05) is 29.7 Å². The second kappa shape index (κ2) is 9.16. The average Bonchev–Trinajstić information content (AvgIpc) is 2.98. The number of nitrogens with zero attached hydrogens (tertiary/aromatic N) is 2. The lowest BCUT2D eigenvalue weighted by Crippen LogP contribution is -2.19. The van der Waals surface area contributed by atoms with E-state index in [0.717, 1.165) is 16.0 Å². The van der Waals surface area contributed by atoms with Crippen LogP contribution in [0.4, 0.5) is 0 Å². The molecule has 0 aliphatic rings. The van der Waals surface area contributed by atoms with E-state index in [0.29, 0.717) is 33.7 Å². The molecule has 0 radical (unpaired) electrons. The summed E-state index contributed by atoms with van der Waals surface area (Å²) in [6.07, 6.45) is 5.48. The van der Waals surface area contributed by atoms with Crippen LogP contribution in [0, 0.1) is 12.3 Å². The lowest BCUT2D eigenvalue weighted by Gasteiger charge is -2.05. The number of carbonyl (C=O) groups excluding carboxylic acids is 1. The molecule has 5 nitrogen and oxygen atoms in total. The molecule has 0 N–H and O–H groups in total. The topological polar surface area (TPSA) is 52.8 Å². The summed E-state index contributed by atoms with van der Waals surface area (Å²) in [5.74, 6) is 3.26. The molecule has 2 aromatic carbocycles. The molecule has 3 rings (SSSR count). The third-order valence-corrected chi connectivity index (χ3v) is 5.25. The molecule has 1 amide bonds. The van der Waals surface area contributed by atoms with Crippen molar-refractivity contribution in [3.63, 3.8) is 0 Å². The minimum atomic E-state index is -0.451. The number of terminal acetylenes is 1. The number of thiazole rings is 1. The van der Waals surface area contributed by atoms with Crippen LogP contribution in [-0.2, 0) is 11.3 Å². The van der Waals surface area contributed by atoms with Crippen LogP contribution < -0.4 is 14.3 Å². The summed E-state index contributed by atoms with van der Waals surface area (Å²) in [4.78, 5) is 17.0. The number of rotatable bonds is 6. The number of halogens is 2. The van der Waals surface area contributed by atoms with Crippen molar-refractivity contribution in [2.45, 2.75) is 13.5 Å². The Balaban J connectivity index is 1.87. The maximum absolute atomic E-state index is 12.3. The van der Waals surface area contributed by atoms with Gasteiger partial charge in [-0.25, -0.2) is 0 Å². The highest BCUT2D eigenvalue weighted by Crippen LogP contribution is 2.27. The second-order valence-corrected chi connectivity index (χ2v) is 7.46. The Labute approximate surface area is 176 Å². The highest BCUT2D eigenvalue weighted by molar-refractivity contribution is 7.16. The maximum Gasteiger partial charge on any atom is 0.286 e. The zero-order valence-corrected chi connectivity index (χ0v) is 17.3. The lowest BCUT2D eigenvalue weighted by molar-refractivity contribution is -0.120.